The van der Waals surface area contributed by atoms with Crippen molar-refractivity contribution in [3.8, 4) is 0 Å². The quantitative estimate of drug-likeness (QED) is 0.480. The molecule has 4 rings (SSSR count). The van der Waals surface area contributed by atoms with E-state index in [1.807, 2.05) is 0 Å². The maximum absolute atomic E-state index is 12.8. The van der Waals surface area contributed by atoms with Crippen LogP contribution in [-0.2, 0) is 14.4 Å². The Labute approximate surface area is 186 Å². The summed E-state index contributed by atoms with van der Waals surface area (Å²) in [7, 11) is 0. The molecule has 0 radical (unpaired) electrons. The van der Waals surface area contributed by atoms with Gasteiger partial charge >= 0.3 is 47.6 Å². The molecule has 3 atom stereocenters. The topological polar surface area (TPSA) is 90.8 Å². The van der Waals surface area contributed by atoms with Crippen molar-refractivity contribution in [3.63, 3.8) is 0 Å². The number of carbonyl (C=O) groups excluding carboxylic acids is 2. The van der Waals surface area contributed by atoms with Crippen LogP contribution in [-0.4, -0.2) is 62.5 Å². The van der Waals surface area contributed by atoms with Gasteiger partial charge in [0.2, 0.25) is 0 Å². The molecule has 3 aliphatic heterocycles. The molecule has 0 aromatic carbocycles. The third-order valence-electron chi connectivity index (χ3n) is 5.24. The number of aliphatic carboxylic acids is 1. The third-order valence-corrected chi connectivity index (χ3v) is 5.24. The van der Waals surface area contributed by atoms with Gasteiger partial charge in [0, 0.05) is 18.7 Å². The van der Waals surface area contributed by atoms with Gasteiger partial charge in [0.1, 0.15) is 11.7 Å². The van der Waals surface area contributed by atoms with E-state index in [1.165, 1.54) is 6.08 Å². The van der Waals surface area contributed by atoms with Crippen LogP contribution in [0, 0.1) is 5.92 Å². The normalized spacial score (nSPS) is 25.6. The number of β-lactam (4-membered cyclic amide) rings is 1. The molecule has 2 amide bonds. The fourth-order valence-corrected chi connectivity index (χ4v) is 4.15. The molecule has 0 unspecified atom stereocenters. The number of halogens is 3. The summed E-state index contributed by atoms with van der Waals surface area (Å²) < 4.78 is 38.5. The molecule has 29 heavy (non-hydrogen) atoms. The van der Waals surface area contributed by atoms with E-state index < -0.39 is 42.0 Å². The molecule has 1 aromatic rings. The zero-order valence-electron chi connectivity index (χ0n) is 16.3. The molecular weight excluding hydrogens is 402 g/mol. The summed E-state index contributed by atoms with van der Waals surface area (Å²) in [5, 5.41) is 9.58. The summed E-state index contributed by atoms with van der Waals surface area (Å²) in [6, 6.07) is 3.17. The van der Waals surface area contributed by atoms with E-state index in [9.17, 15) is 32.7 Å². The Kier molecular flexibility index (Phi) is 5.63. The van der Waals surface area contributed by atoms with Crippen molar-refractivity contribution in [2.45, 2.75) is 24.7 Å². The molecule has 0 aliphatic carbocycles. The largest absolute Gasteiger partial charge is 1.00 e. The summed E-state index contributed by atoms with van der Waals surface area (Å²) in [5.74, 6) is -4.67. The molecule has 0 saturated carbocycles. The van der Waals surface area contributed by atoms with Crippen molar-refractivity contribution in [2.75, 3.05) is 6.54 Å². The van der Waals surface area contributed by atoms with Crippen molar-refractivity contribution in [1.82, 2.24) is 14.8 Å². The van der Waals surface area contributed by atoms with E-state index in [1.54, 1.807) is 30.5 Å². The van der Waals surface area contributed by atoms with Gasteiger partial charge in [0.25, 0.3) is 5.91 Å². The van der Waals surface area contributed by atoms with Crippen molar-refractivity contribution < 1.29 is 63.6 Å². The fraction of sp³-hybridized carbons (Fsp3) is 0.333. The minimum atomic E-state index is -5.08. The molecule has 3 aliphatic rings. The monoisotopic (exact) mass is 417 g/mol. The standard InChI is InChI=1S/C18H14F3N3O4.Na.H/c19-18(20,21)17(28)23-8-10-7-9(4-5-11-3-1-2-6-22-11)13(16(26)27)24-12(10)14(23)15(24)25;;/h1-6,10,12,14H,7-8H2,(H,26,27);;/q;+1;-1/b5-4+;;/t10-,12-,14+;;/m1../s1. The van der Waals surface area contributed by atoms with Gasteiger partial charge in [-0.1, -0.05) is 12.1 Å². The number of likely N-dealkylation sites (tertiary alicyclic amines) is 1. The number of nitrogens with zero attached hydrogens (tertiary/aromatic N) is 3. The molecule has 148 valence electrons. The number of hydrogen-bond donors (Lipinski definition) is 1. The first kappa shape index (κ1) is 21.5. The molecular formula is C18H15F3N3NaO4. The predicted octanol–water partition coefficient (Wildman–Crippen LogP) is -1.45. The van der Waals surface area contributed by atoms with E-state index >= 15 is 0 Å². The van der Waals surface area contributed by atoms with Crippen LogP contribution in [0.1, 0.15) is 13.5 Å². The molecule has 2 saturated heterocycles. The second-order valence-electron chi connectivity index (χ2n) is 6.83. The van der Waals surface area contributed by atoms with Gasteiger partial charge in [-0.2, -0.15) is 13.2 Å². The number of rotatable bonds is 3. The Morgan fingerprint density at radius 1 is 1.28 bits per heavy atom. The molecule has 4 heterocycles. The average Bonchev–Trinajstić information content (AvgIpc) is 3.00. The summed E-state index contributed by atoms with van der Waals surface area (Å²) in [6.45, 7) is -0.246. The Morgan fingerprint density at radius 3 is 2.59 bits per heavy atom. The van der Waals surface area contributed by atoms with Crippen LogP contribution in [0.2, 0.25) is 0 Å². The summed E-state index contributed by atoms with van der Waals surface area (Å²) in [6.07, 6.45) is -0.286. The molecule has 1 aromatic heterocycles. The van der Waals surface area contributed by atoms with Crippen LogP contribution in [0.4, 0.5) is 13.2 Å². The SMILES string of the molecule is O=C(O)C1=C(/C=C/c2ccccn2)C[C@@H]2CN(C(=O)C(F)(F)F)[C@@H]3C(=O)N1[C@H]23.[H-].[Na+]. The zero-order chi connectivity index (χ0) is 20.2. The maximum Gasteiger partial charge on any atom is 1.00 e. The van der Waals surface area contributed by atoms with Gasteiger partial charge in [0.05, 0.1) is 11.7 Å². The summed E-state index contributed by atoms with van der Waals surface area (Å²) in [4.78, 5) is 41.5. The van der Waals surface area contributed by atoms with E-state index in [0.29, 0.717) is 16.2 Å². The molecule has 2 fully saturated rings. The molecule has 0 spiro atoms. The predicted molar refractivity (Wildman–Crippen MR) is 89.3 cm³/mol. The Hall–Kier alpha value is -2.17. The molecule has 11 heteroatoms. The van der Waals surface area contributed by atoms with Crippen LogP contribution < -0.4 is 29.6 Å². The van der Waals surface area contributed by atoms with Crippen molar-refractivity contribution in [3.05, 3.63) is 47.4 Å². The number of amides is 2. The van der Waals surface area contributed by atoms with Gasteiger partial charge in [-0.15, -0.1) is 0 Å². The first-order valence-electron chi connectivity index (χ1n) is 8.46. The average molecular weight is 417 g/mol. The van der Waals surface area contributed by atoms with Gasteiger partial charge < -0.3 is 11.4 Å². The fourth-order valence-electron chi connectivity index (χ4n) is 4.15. The second-order valence-corrected chi connectivity index (χ2v) is 6.83. The number of alkyl halides is 3. The number of carboxylic acids is 1. The van der Waals surface area contributed by atoms with Crippen LogP contribution in [0.3, 0.4) is 0 Å². The van der Waals surface area contributed by atoms with E-state index in [2.05, 4.69) is 4.98 Å². The first-order chi connectivity index (χ1) is 13.2. The second kappa shape index (κ2) is 7.58. The van der Waals surface area contributed by atoms with Crippen LogP contribution in [0.5, 0.6) is 0 Å². The number of hydrogen-bond acceptors (Lipinski definition) is 4. The zero-order valence-corrected chi connectivity index (χ0v) is 17.3. The first-order valence-corrected chi connectivity index (χ1v) is 8.46. The van der Waals surface area contributed by atoms with Crippen molar-refractivity contribution in [1.29, 1.82) is 0 Å². The van der Waals surface area contributed by atoms with Crippen molar-refractivity contribution >= 4 is 23.9 Å². The molecule has 0 bridgehead atoms. The number of carbonyl (C=O) groups is 3. The van der Waals surface area contributed by atoms with Gasteiger partial charge in [-0.25, -0.2) is 4.79 Å². The van der Waals surface area contributed by atoms with Gasteiger partial charge in [-0.05, 0) is 30.2 Å². The van der Waals surface area contributed by atoms with E-state index in [4.69, 9.17) is 0 Å². The van der Waals surface area contributed by atoms with Crippen LogP contribution in [0.15, 0.2) is 41.7 Å². The molecule has 1 N–H and O–H groups in total. The third kappa shape index (κ3) is 3.49. The number of carboxylic acid groups (broad SMARTS) is 1. The van der Waals surface area contributed by atoms with Crippen molar-refractivity contribution in [2.24, 2.45) is 5.92 Å². The minimum Gasteiger partial charge on any atom is -1.00 e. The Balaban J connectivity index is 0.00000160. The number of aromatic nitrogens is 1. The number of allylic oxidation sites excluding steroid dienone is 2. The van der Waals surface area contributed by atoms with E-state index in [0.717, 1.165) is 4.90 Å². The summed E-state index contributed by atoms with van der Waals surface area (Å²) in [5.41, 5.74) is 0.624. The summed E-state index contributed by atoms with van der Waals surface area (Å²) >= 11 is 0. The Bertz CT molecular complexity index is 938. The minimum absolute atomic E-state index is 0. The molecule has 7 nitrogen and oxygen atoms in total. The Morgan fingerprint density at radius 2 is 2.00 bits per heavy atom. The van der Waals surface area contributed by atoms with E-state index in [-0.39, 0.29) is 49.6 Å². The number of pyridine rings is 1. The van der Waals surface area contributed by atoms with Gasteiger partial charge in [0.15, 0.2) is 0 Å². The van der Waals surface area contributed by atoms with Gasteiger partial charge in [-0.3, -0.25) is 19.5 Å². The van der Waals surface area contributed by atoms with Crippen LogP contribution in [0.25, 0.3) is 6.08 Å². The van der Waals surface area contributed by atoms with Crippen LogP contribution >= 0.6 is 0 Å². The maximum atomic E-state index is 12.8. The smallest absolute Gasteiger partial charge is 1.00 e.